The van der Waals surface area contributed by atoms with Crippen molar-refractivity contribution >= 4 is 23.2 Å². The molecule has 1 aliphatic rings. The number of carbonyl (C=O) groups excluding carboxylic acids is 1. The summed E-state index contributed by atoms with van der Waals surface area (Å²) in [6.07, 6.45) is 3.44. The Hall–Kier alpha value is -1.33. The molecule has 1 amide bonds. The average Bonchev–Trinajstić information content (AvgIpc) is 2.48. The maximum absolute atomic E-state index is 12.5. The molecule has 1 aromatic rings. The number of pyridine rings is 1. The first kappa shape index (κ1) is 15.1. The van der Waals surface area contributed by atoms with Gasteiger partial charge in [-0.1, -0.05) is 18.5 Å². The second-order valence-electron chi connectivity index (χ2n) is 5.19. The fourth-order valence-electron chi connectivity index (χ4n) is 2.59. The molecule has 6 heteroatoms. The molecule has 2 rings (SSSR count). The summed E-state index contributed by atoms with van der Waals surface area (Å²) in [6, 6.07) is 1.85. The standard InChI is InChI=1S/C14H21ClN4O/c1-3-19-6-4-11(5-7-19)18(2)14(20)12-8-10(16)9-17-13(12)15/h8-9,11H,3-7,16H2,1-2H3. The highest BCUT2D eigenvalue weighted by Gasteiger charge is 2.26. The topological polar surface area (TPSA) is 62.5 Å². The smallest absolute Gasteiger partial charge is 0.257 e. The molecule has 0 aliphatic carbocycles. The van der Waals surface area contributed by atoms with E-state index < -0.39 is 0 Å². The zero-order chi connectivity index (χ0) is 14.7. The van der Waals surface area contributed by atoms with Crippen LogP contribution in [0.5, 0.6) is 0 Å². The van der Waals surface area contributed by atoms with Crippen molar-refractivity contribution in [2.75, 3.05) is 32.4 Å². The van der Waals surface area contributed by atoms with Gasteiger partial charge in [-0.05, 0) is 25.5 Å². The Kier molecular flexibility index (Phi) is 4.83. The summed E-state index contributed by atoms with van der Waals surface area (Å²) in [6.45, 7) is 5.28. The minimum atomic E-state index is -0.107. The maximum Gasteiger partial charge on any atom is 0.257 e. The lowest BCUT2D eigenvalue weighted by atomic mass is 10.0. The Morgan fingerprint density at radius 2 is 2.20 bits per heavy atom. The van der Waals surface area contributed by atoms with E-state index in [1.54, 1.807) is 11.0 Å². The van der Waals surface area contributed by atoms with Crippen LogP contribution < -0.4 is 5.73 Å². The third kappa shape index (κ3) is 3.22. The molecule has 110 valence electrons. The van der Waals surface area contributed by atoms with E-state index in [-0.39, 0.29) is 17.1 Å². The van der Waals surface area contributed by atoms with E-state index in [1.807, 2.05) is 7.05 Å². The van der Waals surface area contributed by atoms with E-state index in [1.165, 1.54) is 6.20 Å². The van der Waals surface area contributed by atoms with Crippen molar-refractivity contribution in [2.45, 2.75) is 25.8 Å². The molecule has 0 saturated carbocycles. The fraction of sp³-hybridized carbons (Fsp3) is 0.571. The van der Waals surface area contributed by atoms with Crippen LogP contribution in [0.15, 0.2) is 12.3 Å². The number of carbonyl (C=O) groups is 1. The van der Waals surface area contributed by atoms with Gasteiger partial charge in [0.1, 0.15) is 5.15 Å². The molecule has 2 N–H and O–H groups in total. The number of halogens is 1. The van der Waals surface area contributed by atoms with Gasteiger partial charge < -0.3 is 15.5 Å². The Morgan fingerprint density at radius 3 is 2.80 bits per heavy atom. The van der Waals surface area contributed by atoms with Gasteiger partial charge in [-0.25, -0.2) is 4.98 Å². The lowest BCUT2D eigenvalue weighted by molar-refractivity contribution is 0.0646. The van der Waals surface area contributed by atoms with Crippen molar-refractivity contribution in [1.82, 2.24) is 14.8 Å². The molecule has 0 radical (unpaired) electrons. The van der Waals surface area contributed by atoms with Gasteiger partial charge >= 0.3 is 0 Å². The number of likely N-dealkylation sites (tertiary alicyclic amines) is 1. The van der Waals surface area contributed by atoms with E-state index in [9.17, 15) is 4.79 Å². The first-order chi connectivity index (χ1) is 9.52. The summed E-state index contributed by atoms with van der Waals surface area (Å²) in [5, 5.41) is 0.210. The van der Waals surface area contributed by atoms with Crippen LogP contribution in [-0.2, 0) is 0 Å². The lowest BCUT2D eigenvalue weighted by Crippen LogP contribution is -2.45. The number of nitrogens with zero attached hydrogens (tertiary/aromatic N) is 3. The van der Waals surface area contributed by atoms with Gasteiger partial charge in [0.2, 0.25) is 0 Å². The Bertz CT molecular complexity index is 486. The molecule has 20 heavy (non-hydrogen) atoms. The SMILES string of the molecule is CCN1CCC(N(C)C(=O)c2cc(N)cnc2Cl)CC1. The van der Waals surface area contributed by atoms with Crippen LogP contribution in [0.4, 0.5) is 5.69 Å². The highest BCUT2D eigenvalue weighted by molar-refractivity contribution is 6.32. The normalized spacial score (nSPS) is 17.1. The average molecular weight is 297 g/mol. The molecule has 1 aromatic heterocycles. The largest absolute Gasteiger partial charge is 0.397 e. The first-order valence-corrected chi connectivity index (χ1v) is 7.31. The molecule has 5 nitrogen and oxygen atoms in total. The van der Waals surface area contributed by atoms with Gasteiger partial charge in [-0.15, -0.1) is 0 Å². The van der Waals surface area contributed by atoms with Crippen LogP contribution in [0.1, 0.15) is 30.1 Å². The van der Waals surface area contributed by atoms with Crippen LogP contribution in [0.3, 0.4) is 0 Å². The van der Waals surface area contributed by atoms with Crippen molar-refractivity contribution in [3.8, 4) is 0 Å². The summed E-state index contributed by atoms with van der Waals surface area (Å²) in [5.74, 6) is -0.107. The lowest BCUT2D eigenvalue weighted by Gasteiger charge is -2.36. The van der Waals surface area contributed by atoms with Crippen molar-refractivity contribution in [1.29, 1.82) is 0 Å². The molecule has 0 spiro atoms. The van der Waals surface area contributed by atoms with Crippen LogP contribution >= 0.6 is 11.6 Å². The van der Waals surface area contributed by atoms with Crippen molar-refractivity contribution in [2.24, 2.45) is 0 Å². The highest BCUT2D eigenvalue weighted by Crippen LogP contribution is 2.21. The Balaban J connectivity index is 2.07. The van der Waals surface area contributed by atoms with Crippen LogP contribution in [0.2, 0.25) is 5.15 Å². The molecule has 0 aromatic carbocycles. The number of hydrogen-bond donors (Lipinski definition) is 1. The monoisotopic (exact) mass is 296 g/mol. The summed E-state index contributed by atoms with van der Waals surface area (Å²) in [7, 11) is 1.83. The number of aromatic nitrogens is 1. The molecule has 2 heterocycles. The summed E-state index contributed by atoms with van der Waals surface area (Å²) < 4.78 is 0. The molecular weight excluding hydrogens is 276 g/mol. The van der Waals surface area contributed by atoms with Gasteiger partial charge in [-0.3, -0.25) is 4.79 Å². The molecule has 0 atom stereocenters. The van der Waals surface area contributed by atoms with Crippen LogP contribution in [0, 0.1) is 0 Å². The number of rotatable bonds is 3. The predicted octanol–water partition coefficient (Wildman–Crippen LogP) is 1.87. The molecular formula is C14H21ClN4O. The Morgan fingerprint density at radius 1 is 1.55 bits per heavy atom. The number of anilines is 1. The quantitative estimate of drug-likeness (QED) is 0.865. The van der Waals surface area contributed by atoms with E-state index in [2.05, 4.69) is 16.8 Å². The van der Waals surface area contributed by atoms with Crippen molar-refractivity contribution in [3.63, 3.8) is 0 Å². The minimum absolute atomic E-state index is 0.107. The van der Waals surface area contributed by atoms with E-state index in [0.29, 0.717) is 11.3 Å². The van der Waals surface area contributed by atoms with E-state index >= 15 is 0 Å². The van der Waals surface area contributed by atoms with Gasteiger partial charge in [0, 0.05) is 26.2 Å². The molecule has 1 saturated heterocycles. The van der Waals surface area contributed by atoms with Crippen LogP contribution in [-0.4, -0.2) is 53.4 Å². The van der Waals surface area contributed by atoms with E-state index in [4.69, 9.17) is 17.3 Å². The molecule has 0 bridgehead atoms. The first-order valence-electron chi connectivity index (χ1n) is 6.93. The highest BCUT2D eigenvalue weighted by atomic mass is 35.5. The summed E-state index contributed by atoms with van der Waals surface area (Å²) >= 11 is 6.00. The summed E-state index contributed by atoms with van der Waals surface area (Å²) in [4.78, 5) is 20.6. The number of hydrogen-bond acceptors (Lipinski definition) is 4. The Labute approximate surface area is 124 Å². The number of nitrogen functional groups attached to an aromatic ring is 1. The second kappa shape index (κ2) is 6.41. The van der Waals surface area contributed by atoms with Crippen LogP contribution in [0.25, 0.3) is 0 Å². The fourth-order valence-corrected chi connectivity index (χ4v) is 2.78. The van der Waals surface area contributed by atoms with Gasteiger partial charge in [-0.2, -0.15) is 0 Å². The second-order valence-corrected chi connectivity index (χ2v) is 5.55. The van der Waals surface area contributed by atoms with Gasteiger partial charge in [0.25, 0.3) is 5.91 Å². The number of nitrogens with two attached hydrogens (primary N) is 1. The van der Waals surface area contributed by atoms with E-state index in [0.717, 1.165) is 32.5 Å². The zero-order valence-corrected chi connectivity index (χ0v) is 12.7. The minimum Gasteiger partial charge on any atom is -0.397 e. The zero-order valence-electron chi connectivity index (χ0n) is 12.0. The van der Waals surface area contributed by atoms with Crippen molar-refractivity contribution in [3.05, 3.63) is 23.0 Å². The maximum atomic E-state index is 12.5. The summed E-state index contributed by atoms with van der Waals surface area (Å²) in [5.41, 5.74) is 6.51. The van der Waals surface area contributed by atoms with Crippen molar-refractivity contribution < 1.29 is 4.79 Å². The third-order valence-electron chi connectivity index (χ3n) is 3.96. The van der Waals surface area contributed by atoms with Gasteiger partial charge in [0.15, 0.2) is 0 Å². The molecule has 1 aliphatic heterocycles. The third-order valence-corrected chi connectivity index (χ3v) is 4.26. The van der Waals surface area contributed by atoms with Gasteiger partial charge in [0.05, 0.1) is 17.4 Å². The number of amides is 1. The predicted molar refractivity (Wildman–Crippen MR) is 80.9 cm³/mol. The molecule has 1 fully saturated rings. The molecule has 0 unspecified atom stereocenters. The number of piperidine rings is 1.